The maximum Gasteiger partial charge on any atom is 0.0293 e. The first kappa shape index (κ1) is 13.7. The van der Waals surface area contributed by atoms with Crippen molar-refractivity contribution in [2.75, 3.05) is 19.6 Å². The molecule has 0 aliphatic carbocycles. The summed E-state index contributed by atoms with van der Waals surface area (Å²) in [7, 11) is 0. The Morgan fingerprint density at radius 3 is 1.69 bits per heavy atom. The molecule has 0 aromatic rings. The zero-order chi connectivity index (χ0) is 10.7. The van der Waals surface area contributed by atoms with Crippen molar-refractivity contribution in [1.82, 2.24) is 4.90 Å². The molecule has 0 aromatic heterocycles. The van der Waals surface area contributed by atoms with Crippen LogP contribution in [0.25, 0.3) is 0 Å². The van der Waals surface area contributed by atoms with Crippen LogP contribution in [0.2, 0.25) is 0 Å². The first-order valence-electron chi connectivity index (χ1n) is 5.05. The summed E-state index contributed by atoms with van der Waals surface area (Å²) in [5, 5.41) is 0. The van der Waals surface area contributed by atoms with Crippen LogP contribution in [-0.4, -0.2) is 28.0 Å². The lowest BCUT2D eigenvalue weighted by atomic mass is 9.95. The molecule has 0 saturated heterocycles. The highest BCUT2D eigenvalue weighted by Crippen LogP contribution is 2.21. The quantitative estimate of drug-likeness (QED) is 0.566. The predicted molar refractivity (Wildman–Crippen MR) is 69.7 cm³/mol. The first-order chi connectivity index (χ1) is 5.64. The lowest BCUT2D eigenvalue weighted by Gasteiger charge is -2.33. The molecule has 0 atom stereocenters. The zero-order valence-corrected chi connectivity index (χ0v) is 12.1. The van der Waals surface area contributed by atoms with Gasteiger partial charge in [-0.1, -0.05) is 50.3 Å². The van der Waals surface area contributed by atoms with Crippen molar-refractivity contribution in [3.63, 3.8) is 0 Å². The third-order valence-electron chi connectivity index (χ3n) is 1.74. The standard InChI is InChI=1S/C11H24IN/c1-7-13(8-10(2,3)4)9-11(5,6)12/h7-9H2,1-6H3. The van der Waals surface area contributed by atoms with E-state index >= 15 is 0 Å². The molecular formula is C11H24IN. The van der Waals surface area contributed by atoms with Crippen LogP contribution in [0.5, 0.6) is 0 Å². The molecule has 13 heavy (non-hydrogen) atoms. The average molecular weight is 297 g/mol. The Labute approximate surface area is 97.4 Å². The molecule has 0 spiro atoms. The highest BCUT2D eigenvalue weighted by atomic mass is 127. The van der Waals surface area contributed by atoms with Gasteiger partial charge in [-0.2, -0.15) is 0 Å². The van der Waals surface area contributed by atoms with Crippen molar-refractivity contribution in [2.45, 2.75) is 45.0 Å². The van der Waals surface area contributed by atoms with Gasteiger partial charge >= 0.3 is 0 Å². The second-order valence-corrected chi connectivity index (χ2v) is 8.50. The van der Waals surface area contributed by atoms with Gasteiger partial charge in [-0.3, -0.25) is 0 Å². The van der Waals surface area contributed by atoms with E-state index in [9.17, 15) is 0 Å². The normalized spacial score (nSPS) is 13.8. The van der Waals surface area contributed by atoms with E-state index in [2.05, 4.69) is 69.0 Å². The number of alkyl halides is 1. The second-order valence-electron chi connectivity index (χ2n) is 5.58. The van der Waals surface area contributed by atoms with E-state index in [1.807, 2.05) is 0 Å². The van der Waals surface area contributed by atoms with Crippen molar-refractivity contribution >= 4 is 22.6 Å². The fourth-order valence-corrected chi connectivity index (χ4v) is 1.96. The lowest BCUT2D eigenvalue weighted by molar-refractivity contribution is 0.191. The molecule has 0 amide bonds. The van der Waals surface area contributed by atoms with E-state index in [0.29, 0.717) is 8.84 Å². The van der Waals surface area contributed by atoms with Gasteiger partial charge < -0.3 is 4.90 Å². The Balaban J connectivity index is 4.05. The van der Waals surface area contributed by atoms with Crippen LogP contribution in [0.15, 0.2) is 0 Å². The molecule has 0 bridgehead atoms. The molecule has 80 valence electrons. The van der Waals surface area contributed by atoms with Gasteiger partial charge in [-0.05, 0) is 25.8 Å². The van der Waals surface area contributed by atoms with Crippen LogP contribution >= 0.6 is 22.6 Å². The molecule has 0 radical (unpaired) electrons. The van der Waals surface area contributed by atoms with E-state index in [1.165, 1.54) is 13.1 Å². The van der Waals surface area contributed by atoms with Crippen molar-refractivity contribution in [3.8, 4) is 0 Å². The third-order valence-corrected chi connectivity index (χ3v) is 2.09. The maximum absolute atomic E-state index is 2.53. The molecule has 0 aliphatic heterocycles. The van der Waals surface area contributed by atoms with E-state index in [4.69, 9.17) is 0 Å². The number of nitrogens with zero attached hydrogens (tertiary/aromatic N) is 1. The molecule has 2 heteroatoms. The van der Waals surface area contributed by atoms with Gasteiger partial charge in [-0.15, -0.1) is 0 Å². The van der Waals surface area contributed by atoms with Gasteiger partial charge in [-0.25, -0.2) is 0 Å². The van der Waals surface area contributed by atoms with Gasteiger partial charge in [0.25, 0.3) is 0 Å². The maximum atomic E-state index is 2.53. The average Bonchev–Trinajstić information content (AvgIpc) is 1.79. The number of hydrogen-bond donors (Lipinski definition) is 0. The lowest BCUT2D eigenvalue weighted by Crippen LogP contribution is -2.39. The Hall–Kier alpha value is 0.690. The number of rotatable bonds is 4. The predicted octanol–water partition coefficient (Wildman–Crippen LogP) is 3.57. The summed E-state index contributed by atoms with van der Waals surface area (Å²) in [5.74, 6) is 0. The van der Waals surface area contributed by atoms with Crippen molar-refractivity contribution in [1.29, 1.82) is 0 Å². The fourth-order valence-electron chi connectivity index (χ4n) is 1.48. The minimum absolute atomic E-state index is 0.388. The van der Waals surface area contributed by atoms with Crippen molar-refractivity contribution in [2.24, 2.45) is 5.41 Å². The molecular weight excluding hydrogens is 273 g/mol. The monoisotopic (exact) mass is 297 g/mol. The molecule has 0 aromatic carbocycles. The summed E-state index contributed by atoms with van der Waals surface area (Å²) < 4.78 is 0.388. The van der Waals surface area contributed by atoms with Gasteiger partial charge in [0.05, 0.1) is 0 Å². The minimum Gasteiger partial charge on any atom is -0.302 e. The first-order valence-corrected chi connectivity index (χ1v) is 6.13. The molecule has 0 N–H and O–H groups in total. The Morgan fingerprint density at radius 1 is 1.00 bits per heavy atom. The van der Waals surface area contributed by atoms with Gasteiger partial charge in [0.2, 0.25) is 0 Å². The third kappa shape index (κ3) is 9.01. The van der Waals surface area contributed by atoms with E-state index in [1.54, 1.807) is 0 Å². The van der Waals surface area contributed by atoms with Gasteiger partial charge in [0.1, 0.15) is 0 Å². The summed E-state index contributed by atoms with van der Waals surface area (Å²) in [6, 6.07) is 0. The van der Waals surface area contributed by atoms with Crippen LogP contribution in [0.1, 0.15) is 41.5 Å². The molecule has 1 nitrogen and oxygen atoms in total. The largest absolute Gasteiger partial charge is 0.302 e. The molecule has 0 aliphatic rings. The fraction of sp³-hybridized carbons (Fsp3) is 1.00. The SMILES string of the molecule is CCN(CC(C)(C)C)CC(C)(C)I. The molecule has 0 unspecified atom stereocenters. The van der Waals surface area contributed by atoms with Crippen LogP contribution in [0.3, 0.4) is 0 Å². The number of hydrogen-bond acceptors (Lipinski definition) is 1. The molecule has 0 fully saturated rings. The summed E-state index contributed by atoms with van der Waals surface area (Å²) >= 11 is 2.53. The second kappa shape index (κ2) is 4.96. The highest BCUT2D eigenvalue weighted by molar-refractivity contribution is 14.1. The van der Waals surface area contributed by atoms with Crippen molar-refractivity contribution in [3.05, 3.63) is 0 Å². The van der Waals surface area contributed by atoms with Crippen LogP contribution in [0.4, 0.5) is 0 Å². The van der Waals surface area contributed by atoms with Crippen LogP contribution in [0, 0.1) is 5.41 Å². The van der Waals surface area contributed by atoms with E-state index < -0.39 is 0 Å². The Bertz CT molecular complexity index is 125. The Kier molecular flexibility index (Phi) is 5.23. The zero-order valence-electron chi connectivity index (χ0n) is 9.95. The summed E-state index contributed by atoms with van der Waals surface area (Å²) in [6.45, 7) is 17.3. The Morgan fingerprint density at radius 2 is 1.46 bits per heavy atom. The summed E-state index contributed by atoms with van der Waals surface area (Å²) in [6.07, 6.45) is 0. The molecule has 0 saturated carbocycles. The smallest absolute Gasteiger partial charge is 0.0293 e. The topological polar surface area (TPSA) is 3.24 Å². The van der Waals surface area contributed by atoms with Gasteiger partial charge in [0.15, 0.2) is 0 Å². The molecule has 0 heterocycles. The van der Waals surface area contributed by atoms with Crippen LogP contribution < -0.4 is 0 Å². The number of halogens is 1. The summed E-state index contributed by atoms with van der Waals surface area (Å²) in [5.41, 5.74) is 0.415. The van der Waals surface area contributed by atoms with Crippen molar-refractivity contribution < 1.29 is 0 Å². The summed E-state index contributed by atoms with van der Waals surface area (Å²) in [4.78, 5) is 2.53. The van der Waals surface area contributed by atoms with Crippen LogP contribution in [-0.2, 0) is 0 Å². The highest BCUT2D eigenvalue weighted by Gasteiger charge is 2.21. The van der Waals surface area contributed by atoms with E-state index in [0.717, 1.165) is 6.54 Å². The molecule has 0 rings (SSSR count). The minimum atomic E-state index is 0.388. The van der Waals surface area contributed by atoms with Gasteiger partial charge in [0, 0.05) is 16.5 Å². The van der Waals surface area contributed by atoms with E-state index in [-0.39, 0.29) is 0 Å².